The van der Waals surface area contributed by atoms with Crippen LogP contribution in [0.1, 0.15) is 0 Å². The van der Waals surface area contributed by atoms with Gasteiger partial charge in [0.1, 0.15) is 0 Å². The van der Waals surface area contributed by atoms with Gasteiger partial charge in [0.05, 0.1) is 0 Å². The molecule has 0 saturated carbocycles. The lowest BCUT2D eigenvalue weighted by Gasteiger charge is -2.22. The Hall–Kier alpha value is -7.80. The van der Waals surface area contributed by atoms with E-state index in [1.807, 2.05) is 0 Å². The second-order valence-electron chi connectivity index (χ2n) is 16.3. The summed E-state index contributed by atoms with van der Waals surface area (Å²) in [6.07, 6.45) is 0. The molecule has 0 nitrogen and oxygen atoms in total. The van der Waals surface area contributed by atoms with Gasteiger partial charge in [0.25, 0.3) is 0 Å². The van der Waals surface area contributed by atoms with Gasteiger partial charge < -0.3 is 0 Å². The molecule has 0 fully saturated rings. The van der Waals surface area contributed by atoms with Gasteiger partial charge in [-0.25, -0.2) is 0 Å². The molecule has 0 radical (unpaired) electrons. The van der Waals surface area contributed by atoms with Crippen LogP contribution < -0.4 is 0 Å². The van der Waals surface area contributed by atoms with Crippen molar-refractivity contribution in [3.8, 4) is 66.8 Å². The largest absolute Gasteiger partial charge is 0.0622 e. The van der Waals surface area contributed by atoms with Crippen LogP contribution in [0.4, 0.5) is 0 Å². The van der Waals surface area contributed by atoms with Gasteiger partial charge in [-0.05, 0) is 150 Å². The van der Waals surface area contributed by atoms with Crippen molar-refractivity contribution in [1.82, 2.24) is 0 Å². The van der Waals surface area contributed by atoms with E-state index in [0.717, 1.165) is 0 Å². The maximum atomic E-state index is 2.52. The summed E-state index contributed by atoms with van der Waals surface area (Å²) in [5.74, 6) is 0. The Morgan fingerprint density at radius 3 is 1.13 bits per heavy atom. The minimum absolute atomic E-state index is 1.22. The molecule has 60 heavy (non-hydrogen) atoms. The molecular weight excluding hydrogens is 721 g/mol. The van der Waals surface area contributed by atoms with Crippen LogP contribution in [0, 0.1) is 0 Å². The molecule has 0 saturated heterocycles. The van der Waals surface area contributed by atoms with E-state index in [1.54, 1.807) is 0 Å². The van der Waals surface area contributed by atoms with Crippen LogP contribution in [0.25, 0.3) is 131 Å². The van der Waals surface area contributed by atoms with Gasteiger partial charge in [-0.1, -0.05) is 200 Å². The minimum Gasteiger partial charge on any atom is -0.0622 e. The lowest BCUT2D eigenvalue weighted by atomic mass is 9.80. The summed E-state index contributed by atoms with van der Waals surface area (Å²) in [6, 6.07) is 81.5. The first-order valence-electron chi connectivity index (χ1n) is 20.9. The zero-order valence-electron chi connectivity index (χ0n) is 32.8. The third-order valence-electron chi connectivity index (χ3n) is 13.1. The Morgan fingerprint density at radius 1 is 0.183 bits per heavy atom. The number of hydrogen-bond donors (Lipinski definition) is 0. The zero-order valence-corrected chi connectivity index (χ0v) is 32.8. The predicted molar refractivity (Wildman–Crippen MR) is 258 cm³/mol. The maximum Gasteiger partial charge on any atom is -0.000741 e. The fraction of sp³-hybridized carbons (Fsp3) is 0. The Morgan fingerprint density at radius 2 is 0.583 bits per heavy atom. The van der Waals surface area contributed by atoms with Crippen molar-refractivity contribution < 1.29 is 0 Å². The summed E-state index contributed by atoms with van der Waals surface area (Å²) in [4.78, 5) is 0. The number of benzene rings is 12. The average Bonchev–Trinajstić information content (AvgIpc) is 3.64. The molecule has 276 valence electrons. The predicted octanol–water partition coefficient (Wildman–Crippen LogP) is 16.9. The standard InChI is InChI=1S/C60H36/c1-2-16-39(17-3-1)54-46-22-8-10-24-48(46)56(49-25-11-9-23-47(49)54)45-32-33-50-53(36-45)58(44-31-29-38-15-5-7-19-42(38)35-44)60-52-27-13-21-40-20-12-26-51(55(40)52)59(60)57(50)43-30-28-37-14-4-6-18-41(37)34-43/h1-36H. The Bertz CT molecular complexity index is 3690. The van der Waals surface area contributed by atoms with Gasteiger partial charge >= 0.3 is 0 Å². The molecule has 1 aliphatic carbocycles. The Labute approximate surface area is 348 Å². The van der Waals surface area contributed by atoms with Crippen LogP contribution in [-0.4, -0.2) is 0 Å². The Balaban J connectivity index is 1.21. The topological polar surface area (TPSA) is 0 Å². The van der Waals surface area contributed by atoms with E-state index in [1.165, 1.54) is 131 Å². The van der Waals surface area contributed by atoms with Gasteiger partial charge in [0.15, 0.2) is 0 Å². The monoisotopic (exact) mass is 756 g/mol. The third kappa shape index (κ3) is 4.79. The van der Waals surface area contributed by atoms with Crippen molar-refractivity contribution in [2.45, 2.75) is 0 Å². The number of hydrogen-bond acceptors (Lipinski definition) is 0. The summed E-state index contributed by atoms with van der Waals surface area (Å²) in [5.41, 5.74) is 15.3. The van der Waals surface area contributed by atoms with Gasteiger partial charge in [-0.2, -0.15) is 0 Å². The summed E-state index contributed by atoms with van der Waals surface area (Å²) >= 11 is 0. The van der Waals surface area contributed by atoms with Gasteiger partial charge in [-0.15, -0.1) is 0 Å². The average molecular weight is 757 g/mol. The summed E-state index contributed by atoms with van der Waals surface area (Å²) in [6.45, 7) is 0. The molecule has 0 atom stereocenters. The molecule has 0 heteroatoms. The fourth-order valence-corrected chi connectivity index (χ4v) is 10.6. The highest BCUT2D eigenvalue weighted by molar-refractivity contribution is 6.29. The highest BCUT2D eigenvalue weighted by Gasteiger charge is 2.31. The van der Waals surface area contributed by atoms with Crippen molar-refractivity contribution in [1.29, 1.82) is 0 Å². The van der Waals surface area contributed by atoms with Crippen LogP contribution in [0.5, 0.6) is 0 Å². The molecule has 12 aromatic rings. The first-order valence-corrected chi connectivity index (χ1v) is 20.9. The van der Waals surface area contributed by atoms with E-state index in [0.29, 0.717) is 0 Å². The smallest absolute Gasteiger partial charge is 0.000741 e. The molecule has 0 amide bonds. The van der Waals surface area contributed by atoms with E-state index in [4.69, 9.17) is 0 Å². The minimum atomic E-state index is 1.22. The van der Waals surface area contributed by atoms with Crippen molar-refractivity contribution in [3.05, 3.63) is 218 Å². The summed E-state index contributed by atoms with van der Waals surface area (Å²) < 4.78 is 0. The molecule has 0 N–H and O–H groups in total. The lowest BCUT2D eigenvalue weighted by molar-refractivity contribution is 1.64. The van der Waals surface area contributed by atoms with E-state index in [9.17, 15) is 0 Å². The van der Waals surface area contributed by atoms with Gasteiger partial charge in [0.2, 0.25) is 0 Å². The SMILES string of the molecule is c1ccc(-c2c3ccccc3c(-c3ccc4c(-c5ccc6ccccc6c5)c5c(c(-c6ccc7ccccc7c6)c4c3)-c3cccc4cccc-5c34)c3ccccc23)cc1. The van der Waals surface area contributed by atoms with Crippen LogP contribution >= 0.6 is 0 Å². The molecule has 12 aromatic carbocycles. The van der Waals surface area contributed by atoms with Crippen LogP contribution in [-0.2, 0) is 0 Å². The first kappa shape index (κ1) is 33.2. The molecule has 0 aromatic heterocycles. The zero-order chi connectivity index (χ0) is 39.3. The van der Waals surface area contributed by atoms with E-state index in [2.05, 4.69) is 218 Å². The third-order valence-corrected chi connectivity index (χ3v) is 13.1. The van der Waals surface area contributed by atoms with Crippen LogP contribution in [0.15, 0.2) is 218 Å². The molecule has 0 bridgehead atoms. The fourth-order valence-electron chi connectivity index (χ4n) is 10.6. The van der Waals surface area contributed by atoms with Crippen molar-refractivity contribution >= 4 is 64.6 Å². The number of fused-ring (bicyclic) bond motifs is 8. The number of rotatable bonds is 4. The van der Waals surface area contributed by atoms with Crippen molar-refractivity contribution in [2.24, 2.45) is 0 Å². The summed E-state index contributed by atoms with van der Waals surface area (Å²) in [5, 5.41) is 15.2. The molecule has 13 rings (SSSR count). The molecule has 0 unspecified atom stereocenters. The maximum absolute atomic E-state index is 2.52. The van der Waals surface area contributed by atoms with Gasteiger partial charge in [-0.3, -0.25) is 0 Å². The van der Waals surface area contributed by atoms with E-state index in [-0.39, 0.29) is 0 Å². The van der Waals surface area contributed by atoms with Crippen molar-refractivity contribution in [2.75, 3.05) is 0 Å². The second-order valence-corrected chi connectivity index (χ2v) is 16.3. The molecule has 1 aliphatic rings. The first-order chi connectivity index (χ1) is 29.8. The molecule has 0 spiro atoms. The van der Waals surface area contributed by atoms with Crippen LogP contribution in [0.2, 0.25) is 0 Å². The van der Waals surface area contributed by atoms with E-state index < -0.39 is 0 Å². The van der Waals surface area contributed by atoms with Crippen molar-refractivity contribution in [3.63, 3.8) is 0 Å². The van der Waals surface area contributed by atoms with E-state index >= 15 is 0 Å². The second kappa shape index (κ2) is 12.9. The van der Waals surface area contributed by atoms with Gasteiger partial charge in [0, 0.05) is 0 Å². The lowest BCUT2D eigenvalue weighted by Crippen LogP contribution is -1.95. The van der Waals surface area contributed by atoms with Crippen LogP contribution in [0.3, 0.4) is 0 Å². The normalized spacial score (nSPS) is 12.0. The highest BCUT2D eigenvalue weighted by Crippen LogP contribution is 2.58. The highest BCUT2D eigenvalue weighted by atomic mass is 14.3. The molecule has 0 heterocycles. The molecular formula is C60H36. The Kier molecular flexibility index (Phi) is 7.11. The quantitative estimate of drug-likeness (QED) is 0.157. The molecule has 0 aliphatic heterocycles. The summed E-state index contributed by atoms with van der Waals surface area (Å²) in [7, 11) is 0.